The van der Waals surface area contributed by atoms with Crippen molar-refractivity contribution in [2.24, 2.45) is 4.99 Å². The Kier molecular flexibility index (Phi) is 5.92. The van der Waals surface area contributed by atoms with Gasteiger partial charge in [-0.05, 0) is 0 Å². The summed E-state index contributed by atoms with van der Waals surface area (Å²) in [5.41, 5.74) is 3.29. The number of halogens is 1. The SMILES string of the molecule is COc1ccc(C[n+]2c(C)csc2C([Se-])=Nc2ccc(Cl)cc2)cc1. The van der Waals surface area contributed by atoms with Crippen LogP contribution in [0.5, 0.6) is 5.75 Å². The predicted molar refractivity (Wildman–Crippen MR) is 105 cm³/mol. The molecule has 1 aromatic heterocycles. The number of ether oxygens (including phenoxy) is 1. The maximum absolute atomic E-state index is 5.94. The zero-order chi connectivity index (χ0) is 17.8. The quantitative estimate of drug-likeness (QED) is 0.333. The Morgan fingerprint density at radius 3 is 2.48 bits per heavy atom. The van der Waals surface area contributed by atoms with Crippen LogP contribution in [-0.2, 0) is 6.54 Å². The van der Waals surface area contributed by atoms with Crippen LogP contribution in [0.25, 0.3) is 0 Å². The molecular formula is C19H17ClN2OSSe. The summed E-state index contributed by atoms with van der Waals surface area (Å²) in [6.07, 6.45) is 0. The third kappa shape index (κ3) is 4.50. The van der Waals surface area contributed by atoms with Gasteiger partial charge < -0.3 is 0 Å². The Labute approximate surface area is 164 Å². The van der Waals surface area contributed by atoms with Crippen molar-refractivity contribution < 1.29 is 9.30 Å². The van der Waals surface area contributed by atoms with Crippen LogP contribution in [0, 0.1) is 6.92 Å². The van der Waals surface area contributed by atoms with Crippen molar-refractivity contribution in [2.75, 3.05) is 7.11 Å². The van der Waals surface area contributed by atoms with Crippen molar-refractivity contribution >= 4 is 49.2 Å². The second-order valence-corrected chi connectivity index (χ2v) is 7.62. The van der Waals surface area contributed by atoms with Crippen molar-refractivity contribution in [3.63, 3.8) is 0 Å². The summed E-state index contributed by atoms with van der Waals surface area (Å²) >= 11 is 10.7. The van der Waals surface area contributed by atoms with E-state index in [1.54, 1.807) is 18.4 Å². The van der Waals surface area contributed by atoms with Crippen LogP contribution in [0.2, 0.25) is 5.02 Å². The molecule has 0 unspecified atom stereocenters. The Bertz CT molecular complexity index is 889. The first-order valence-electron chi connectivity index (χ1n) is 7.69. The molecular weight excluding hydrogens is 419 g/mol. The van der Waals surface area contributed by atoms with Gasteiger partial charge in [-0.1, -0.05) is 0 Å². The van der Waals surface area contributed by atoms with Crippen LogP contribution < -0.4 is 9.30 Å². The first-order chi connectivity index (χ1) is 12.1. The first kappa shape index (κ1) is 18.1. The molecule has 25 heavy (non-hydrogen) atoms. The number of hydrogen-bond acceptors (Lipinski definition) is 3. The molecule has 0 atom stereocenters. The summed E-state index contributed by atoms with van der Waals surface area (Å²) in [7, 11) is 1.68. The van der Waals surface area contributed by atoms with Gasteiger partial charge in [0.1, 0.15) is 0 Å². The van der Waals surface area contributed by atoms with Gasteiger partial charge in [-0.25, -0.2) is 0 Å². The van der Waals surface area contributed by atoms with E-state index < -0.39 is 0 Å². The molecule has 2 aromatic carbocycles. The van der Waals surface area contributed by atoms with Gasteiger partial charge in [-0.2, -0.15) is 0 Å². The molecule has 0 aliphatic heterocycles. The molecule has 0 spiro atoms. The van der Waals surface area contributed by atoms with Crippen molar-refractivity contribution in [3.05, 3.63) is 75.2 Å². The number of hydrogen-bond donors (Lipinski definition) is 0. The monoisotopic (exact) mass is 436 g/mol. The van der Waals surface area contributed by atoms with Gasteiger partial charge in [0.25, 0.3) is 0 Å². The number of thiazole rings is 1. The second-order valence-electron chi connectivity index (χ2n) is 5.51. The predicted octanol–water partition coefficient (Wildman–Crippen LogP) is 4.30. The molecule has 3 nitrogen and oxygen atoms in total. The van der Waals surface area contributed by atoms with E-state index in [4.69, 9.17) is 16.3 Å². The van der Waals surface area contributed by atoms with E-state index in [9.17, 15) is 0 Å². The van der Waals surface area contributed by atoms with Crippen LogP contribution in [0.15, 0.2) is 58.9 Å². The molecule has 0 aliphatic carbocycles. The topological polar surface area (TPSA) is 25.5 Å². The van der Waals surface area contributed by atoms with E-state index in [-0.39, 0.29) is 0 Å². The van der Waals surface area contributed by atoms with E-state index in [1.807, 2.05) is 36.4 Å². The number of rotatable bonds is 5. The first-order valence-corrected chi connectivity index (χ1v) is 9.81. The number of aliphatic imine (C=N–C) groups is 1. The molecule has 0 bridgehead atoms. The number of aryl methyl sites for hydroxylation is 1. The van der Waals surface area contributed by atoms with Crippen LogP contribution in [0.4, 0.5) is 5.69 Å². The van der Waals surface area contributed by atoms with Crippen molar-refractivity contribution in [1.29, 1.82) is 0 Å². The molecule has 0 fully saturated rings. The molecule has 3 aromatic rings. The summed E-state index contributed by atoms with van der Waals surface area (Å²) in [6.45, 7) is 2.90. The fourth-order valence-corrected chi connectivity index (χ4v) is 4.16. The summed E-state index contributed by atoms with van der Waals surface area (Å²) < 4.78 is 8.36. The van der Waals surface area contributed by atoms with Crippen molar-refractivity contribution in [2.45, 2.75) is 13.5 Å². The van der Waals surface area contributed by atoms with Gasteiger partial charge in [0, 0.05) is 0 Å². The fraction of sp³-hybridized carbons (Fsp3) is 0.158. The van der Waals surface area contributed by atoms with E-state index >= 15 is 0 Å². The Morgan fingerprint density at radius 1 is 1.16 bits per heavy atom. The molecule has 6 heteroatoms. The van der Waals surface area contributed by atoms with Gasteiger partial charge >= 0.3 is 165 Å². The summed E-state index contributed by atoms with van der Waals surface area (Å²) in [5, 5.41) is 3.96. The van der Waals surface area contributed by atoms with Crippen LogP contribution in [0.3, 0.4) is 0 Å². The molecule has 0 saturated carbocycles. The summed E-state index contributed by atoms with van der Waals surface area (Å²) in [4.78, 5) is 4.69. The van der Waals surface area contributed by atoms with E-state index in [0.29, 0.717) is 5.02 Å². The normalized spacial score (nSPS) is 11.6. The van der Waals surface area contributed by atoms with Crippen molar-refractivity contribution in [3.8, 4) is 5.75 Å². The van der Waals surface area contributed by atoms with Gasteiger partial charge in [0.15, 0.2) is 0 Å². The Morgan fingerprint density at radius 2 is 1.84 bits per heavy atom. The maximum atomic E-state index is 5.94. The average molecular weight is 436 g/mol. The van der Waals surface area contributed by atoms with Crippen molar-refractivity contribution in [1.82, 2.24) is 0 Å². The number of nitrogens with zero attached hydrogens (tertiary/aromatic N) is 2. The number of methoxy groups -OCH3 is 1. The zero-order valence-electron chi connectivity index (χ0n) is 13.9. The molecule has 0 N–H and O–H groups in total. The molecule has 3 rings (SSSR count). The minimum atomic E-state index is 0.710. The second kappa shape index (κ2) is 8.15. The summed E-state index contributed by atoms with van der Waals surface area (Å²) in [5.74, 6) is 0.866. The Hall–Kier alpha value is -1.65. The van der Waals surface area contributed by atoms with E-state index in [2.05, 4.69) is 50.0 Å². The van der Waals surface area contributed by atoms with Crippen LogP contribution >= 0.6 is 22.9 Å². The number of benzene rings is 2. The Balaban J connectivity index is 1.88. The van der Waals surface area contributed by atoms with E-state index in [0.717, 1.165) is 27.6 Å². The van der Waals surface area contributed by atoms with Crippen LogP contribution in [0.1, 0.15) is 16.3 Å². The molecule has 0 saturated heterocycles. The molecule has 128 valence electrons. The average Bonchev–Trinajstić information content (AvgIpc) is 2.98. The fourth-order valence-electron chi connectivity index (χ4n) is 2.39. The molecule has 1 heterocycles. The van der Waals surface area contributed by atoms with Gasteiger partial charge in [0.05, 0.1) is 0 Å². The number of aromatic nitrogens is 1. The van der Waals surface area contributed by atoms with Gasteiger partial charge in [0.2, 0.25) is 0 Å². The van der Waals surface area contributed by atoms with Gasteiger partial charge in [-0.3, -0.25) is 0 Å². The minimum absolute atomic E-state index is 0.710. The standard InChI is InChI=1S/C19H17ClN2OSSe/c1-13-12-24-19(18(25)21-16-7-5-15(20)6-8-16)22(13)11-14-3-9-17(23-2)10-4-14/h3-10,12H,11H2,1-2H3. The summed E-state index contributed by atoms with van der Waals surface area (Å²) in [6, 6.07) is 15.7. The third-order valence-corrected chi connectivity index (χ3v) is 5.99. The molecule has 0 amide bonds. The molecule has 0 aliphatic rings. The van der Waals surface area contributed by atoms with E-state index in [1.165, 1.54) is 11.3 Å². The van der Waals surface area contributed by atoms with Crippen LogP contribution in [-0.4, -0.2) is 27.7 Å². The molecule has 0 radical (unpaired) electrons. The third-order valence-electron chi connectivity index (χ3n) is 3.75. The zero-order valence-corrected chi connectivity index (χ0v) is 17.2. The van der Waals surface area contributed by atoms with Gasteiger partial charge in [-0.15, -0.1) is 0 Å².